The average Bonchev–Trinajstić information content (AvgIpc) is 3.38. The van der Waals surface area contributed by atoms with Crippen LogP contribution in [0.15, 0.2) is 69.9 Å². The molecule has 168 valence electrons. The van der Waals surface area contributed by atoms with Gasteiger partial charge in [0.15, 0.2) is 10.6 Å². The molecule has 0 bridgehead atoms. The van der Waals surface area contributed by atoms with E-state index in [4.69, 9.17) is 14.1 Å². The summed E-state index contributed by atoms with van der Waals surface area (Å²) >= 11 is 1.43. The molecule has 2 aromatic heterocycles. The Kier molecular flexibility index (Phi) is 4.57. The van der Waals surface area contributed by atoms with E-state index in [0.717, 1.165) is 26.9 Å². The van der Waals surface area contributed by atoms with Gasteiger partial charge in [-0.15, -0.1) is 0 Å². The van der Waals surface area contributed by atoms with Gasteiger partial charge in [0.05, 0.1) is 34.3 Å². The molecule has 0 fully saturated rings. The highest BCUT2D eigenvalue weighted by molar-refractivity contribution is 7.22. The van der Waals surface area contributed by atoms with E-state index in [2.05, 4.69) is 0 Å². The number of fused-ring (bicyclic) bond motifs is 3. The lowest BCUT2D eigenvalue weighted by molar-refractivity contribution is 0.0971. The topological polar surface area (TPSA) is 72.6 Å². The normalized spacial score (nSPS) is 15.3. The Labute approximate surface area is 199 Å². The molecule has 3 heterocycles. The maximum absolute atomic E-state index is 13.7. The number of hydrogen-bond acceptors (Lipinski definition) is 6. The van der Waals surface area contributed by atoms with E-state index in [9.17, 15) is 9.59 Å². The number of aromatic nitrogens is 1. The number of benzene rings is 3. The highest BCUT2D eigenvalue weighted by Crippen LogP contribution is 2.44. The Hall–Kier alpha value is -3.97. The van der Waals surface area contributed by atoms with E-state index in [1.807, 2.05) is 62.4 Å². The van der Waals surface area contributed by atoms with E-state index < -0.39 is 6.04 Å². The lowest BCUT2D eigenvalue weighted by Crippen LogP contribution is -2.29. The van der Waals surface area contributed by atoms with Gasteiger partial charge in [-0.05, 0) is 61.4 Å². The van der Waals surface area contributed by atoms with Crippen LogP contribution in [-0.4, -0.2) is 18.0 Å². The molecule has 7 heteroatoms. The summed E-state index contributed by atoms with van der Waals surface area (Å²) in [5, 5.41) is 0.990. The van der Waals surface area contributed by atoms with Crippen molar-refractivity contribution in [3.05, 3.63) is 98.9 Å². The molecular weight excluding hydrogens is 448 g/mol. The van der Waals surface area contributed by atoms with E-state index in [-0.39, 0.29) is 17.1 Å². The minimum Gasteiger partial charge on any atom is -0.497 e. The van der Waals surface area contributed by atoms with E-state index in [0.29, 0.717) is 27.4 Å². The molecule has 1 aliphatic rings. The Morgan fingerprint density at radius 2 is 1.71 bits per heavy atom. The first-order chi connectivity index (χ1) is 16.4. The van der Waals surface area contributed by atoms with Gasteiger partial charge in [-0.2, -0.15) is 0 Å². The lowest BCUT2D eigenvalue weighted by atomic mass is 9.98. The van der Waals surface area contributed by atoms with Gasteiger partial charge in [-0.25, -0.2) is 4.98 Å². The molecular formula is C27H20N2O4S. The third-order valence-corrected chi connectivity index (χ3v) is 7.21. The predicted octanol–water partition coefficient (Wildman–Crippen LogP) is 5.78. The van der Waals surface area contributed by atoms with E-state index in [1.54, 1.807) is 24.1 Å². The molecule has 3 aromatic carbocycles. The van der Waals surface area contributed by atoms with E-state index >= 15 is 0 Å². The molecule has 1 atom stereocenters. The molecule has 0 saturated carbocycles. The van der Waals surface area contributed by atoms with Gasteiger partial charge in [0.2, 0.25) is 5.76 Å². The number of carbonyl (C=O) groups is 1. The number of hydrogen-bond donors (Lipinski definition) is 0. The number of rotatable bonds is 3. The minimum atomic E-state index is -0.656. The largest absolute Gasteiger partial charge is 0.497 e. The number of nitrogens with zero attached hydrogens (tertiary/aromatic N) is 2. The summed E-state index contributed by atoms with van der Waals surface area (Å²) < 4.78 is 12.3. The van der Waals surface area contributed by atoms with Crippen molar-refractivity contribution in [2.24, 2.45) is 0 Å². The van der Waals surface area contributed by atoms with Crippen molar-refractivity contribution in [3.63, 3.8) is 0 Å². The van der Waals surface area contributed by atoms with Crippen molar-refractivity contribution in [3.8, 4) is 5.75 Å². The monoisotopic (exact) mass is 468 g/mol. The lowest BCUT2D eigenvalue weighted by Gasteiger charge is -2.22. The first kappa shape index (κ1) is 20.6. The quantitative estimate of drug-likeness (QED) is 0.336. The smallest absolute Gasteiger partial charge is 0.297 e. The van der Waals surface area contributed by atoms with E-state index in [1.165, 1.54) is 11.3 Å². The zero-order valence-corrected chi connectivity index (χ0v) is 19.6. The minimum absolute atomic E-state index is 0.0672. The van der Waals surface area contributed by atoms with Gasteiger partial charge in [0.1, 0.15) is 11.3 Å². The molecule has 0 spiro atoms. The van der Waals surface area contributed by atoms with Gasteiger partial charge in [-0.3, -0.25) is 14.5 Å². The molecule has 1 amide bonds. The second-order valence-corrected chi connectivity index (χ2v) is 9.50. The second-order valence-electron chi connectivity index (χ2n) is 8.49. The zero-order valence-electron chi connectivity index (χ0n) is 18.8. The maximum atomic E-state index is 13.7. The molecule has 6 rings (SSSR count). The number of ether oxygens (including phenoxy) is 1. The van der Waals surface area contributed by atoms with Crippen molar-refractivity contribution in [1.82, 2.24) is 4.98 Å². The summed E-state index contributed by atoms with van der Waals surface area (Å²) in [5.74, 6) is 0.389. The summed E-state index contributed by atoms with van der Waals surface area (Å²) in [6.45, 7) is 3.94. The number of anilines is 1. The van der Waals surface area contributed by atoms with Gasteiger partial charge >= 0.3 is 0 Å². The Bertz CT molecular complexity index is 1670. The summed E-state index contributed by atoms with van der Waals surface area (Å²) in [5.41, 5.74) is 4.19. The average molecular weight is 469 g/mol. The van der Waals surface area contributed by atoms with Crippen LogP contribution in [0.5, 0.6) is 5.75 Å². The highest BCUT2D eigenvalue weighted by atomic mass is 32.1. The highest BCUT2D eigenvalue weighted by Gasteiger charge is 2.45. The third kappa shape index (κ3) is 3.04. The predicted molar refractivity (Wildman–Crippen MR) is 133 cm³/mol. The molecule has 5 aromatic rings. The standard InChI is InChI=1S/C27H20N2O4S/c1-14-5-11-20-18(12-14)24(30)22-23(16-6-8-17(32-3)9-7-16)29(26(31)25(22)33-20)27-28-19-10-4-15(2)13-21(19)34-27/h4-13,23H,1-3H3/t23-/m1/s1. The van der Waals surface area contributed by atoms with Crippen LogP contribution in [0, 0.1) is 13.8 Å². The number of aryl methyl sites for hydroxylation is 2. The zero-order chi connectivity index (χ0) is 23.6. The fourth-order valence-electron chi connectivity index (χ4n) is 4.51. The molecule has 0 saturated heterocycles. The second kappa shape index (κ2) is 7.53. The maximum Gasteiger partial charge on any atom is 0.297 e. The van der Waals surface area contributed by atoms with Crippen LogP contribution in [0.4, 0.5) is 5.13 Å². The fraction of sp³-hybridized carbons (Fsp3) is 0.148. The molecule has 0 unspecified atom stereocenters. The van der Waals surface area contributed by atoms with Crippen molar-refractivity contribution >= 4 is 43.6 Å². The third-order valence-electron chi connectivity index (χ3n) is 6.20. The molecule has 34 heavy (non-hydrogen) atoms. The number of methoxy groups -OCH3 is 1. The van der Waals surface area contributed by atoms with Gasteiger partial charge < -0.3 is 9.15 Å². The van der Waals surface area contributed by atoms with Crippen molar-refractivity contribution < 1.29 is 13.9 Å². The van der Waals surface area contributed by atoms with Crippen LogP contribution < -0.4 is 15.1 Å². The van der Waals surface area contributed by atoms with Gasteiger partial charge in [0.25, 0.3) is 5.91 Å². The summed E-state index contributed by atoms with van der Waals surface area (Å²) in [6, 6.07) is 18.1. The number of carbonyl (C=O) groups excluding carboxylic acids is 1. The number of amides is 1. The van der Waals surface area contributed by atoms with Gasteiger partial charge in [-0.1, -0.05) is 41.2 Å². The van der Waals surface area contributed by atoms with Crippen molar-refractivity contribution in [1.29, 1.82) is 0 Å². The van der Waals surface area contributed by atoms with Crippen LogP contribution in [0.1, 0.15) is 38.9 Å². The Morgan fingerprint density at radius 3 is 2.47 bits per heavy atom. The fourth-order valence-corrected chi connectivity index (χ4v) is 5.60. The summed E-state index contributed by atoms with van der Waals surface area (Å²) in [4.78, 5) is 33.8. The molecule has 0 radical (unpaired) electrons. The van der Waals surface area contributed by atoms with Crippen molar-refractivity contribution in [2.45, 2.75) is 19.9 Å². The van der Waals surface area contributed by atoms with Gasteiger partial charge in [0, 0.05) is 0 Å². The van der Waals surface area contributed by atoms with Crippen LogP contribution in [0.25, 0.3) is 21.2 Å². The van der Waals surface area contributed by atoms with Crippen LogP contribution in [-0.2, 0) is 0 Å². The van der Waals surface area contributed by atoms with Crippen molar-refractivity contribution in [2.75, 3.05) is 12.0 Å². The van der Waals surface area contributed by atoms with Crippen LogP contribution in [0.2, 0.25) is 0 Å². The SMILES string of the molecule is COc1ccc([C@@H]2c3c(oc4ccc(C)cc4c3=O)C(=O)N2c2nc3ccc(C)cc3s2)cc1. The first-order valence-electron chi connectivity index (χ1n) is 10.9. The Morgan fingerprint density at radius 1 is 0.971 bits per heavy atom. The summed E-state index contributed by atoms with van der Waals surface area (Å²) in [7, 11) is 1.60. The van der Waals surface area contributed by atoms with Crippen LogP contribution in [0.3, 0.4) is 0 Å². The molecule has 6 nitrogen and oxygen atoms in total. The number of thiazole rings is 1. The first-order valence-corrected chi connectivity index (χ1v) is 11.7. The Balaban J connectivity index is 1.62. The molecule has 1 aliphatic heterocycles. The molecule has 0 aliphatic carbocycles. The summed E-state index contributed by atoms with van der Waals surface area (Å²) in [6.07, 6.45) is 0. The van der Waals surface area contributed by atoms with Crippen LogP contribution >= 0.6 is 11.3 Å². The molecule has 0 N–H and O–H groups in total.